The lowest BCUT2D eigenvalue weighted by atomic mass is 10.0. The summed E-state index contributed by atoms with van der Waals surface area (Å²) in [6.07, 6.45) is 4.31. The van der Waals surface area contributed by atoms with E-state index in [-0.39, 0.29) is 5.56 Å². The highest BCUT2D eigenvalue weighted by Gasteiger charge is 2.23. The maximum Gasteiger partial charge on any atom is 0.260 e. The van der Waals surface area contributed by atoms with Crippen LogP contribution >= 0.6 is 11.3 Å². The van der Waals surface area contributed by atoms with E-state index >= 15 is 0 Å². The fourth-order valence-electron chi connectivity index (χ4n) is 3.68. The summed E-state index contributed by atoms with van der Waals surface area (Å²) >= 11 is 1.65. The normalized spacial score (nSPS) is 14.4. The Morgan fingerprint density at radius 2 is 1.93 bits per heavy atom. The number of rotatable bonds is 3. The summed E-state index contributed by atoms with van der Waals surface area (Å²) in [6, 6.07) is 14.2. The highest BCUT2D eigenvalue weighted by Crippen LogP contribution is 2.33. The number of thiophene rings is 1. The van der Waals surface area contributed by atoms with Gasteiger partial charge in [0.25, 0.3) is 5.56 Å². The Morgan fingerprint density at radius 3 is 2.74 bits per heavy atom. The number of hydrogen-bond donors (Lipinski definition) is 1. The minimum Gasteiger partial charge on any atom is -0.306 e. The molecule has 0 bridgehead atoms. The van der Waals surface area contributed by atoms with Crippen LogP contribution in [0.4, 0.5) is 0 Å². The first kappa shape index (κ1) is 16.4. The van der Waals surface area contributed by atoms with Crippen LogP contribution in [0, 0.1) is 0 Å². The van der Waals surface area contributed by atoms with E-state index in [4.69, 9.17) is 4.98 Å². The lowest BCUT2D eigenvalue weighted by molar-refractivity contribution is 0.249. The molecule has 4 aromatic rings. The smallest absolute Gasteiger partial charge is 0.260 e. The van der Waals surface area contributed by atoms with E-state index in [0.29, 0.717) is 5.82 Å². The molecule has 0 atom stereocenters. The molecule has 0 aliphatic carbocycles. The zero-order valence-corrected chi connectivity index (χ0v) is 15.5. The molecule has 1 aliphatic heterocycles. The zero-order valence-electron chi connectivity index (χ0n) is 14.7. The summed E-state index contributed by atoms with van der Waals surface area (Å²) in [6.45, 7) is 2.76. The van der Waals surface area contributed by atoms with Crippen molar-refractivity contribution in [3.8, 4) is 11.4 Å². The third-order valence-electron chi connectivity index (χ3n) is 4.99. The van der Waals surface area contributed by atoms with Gasteiger partial charge in [-0.05, 0) is 29.7 Å². The summed E-state index contributed by atoms with van der Waals surface area (Å²) in [5, 5.41) is 0.771. The van der Waals surface area contributed by atoms with Crippen molar-refractivity contribution in [2.75, 3.05) is 6.54 Å². The van der Waals surface area contributed by atoms with E-state index in [9.17, 15) is 4.79 Å². The SMILES string of the molecule is O=c1[nH]c(-c2ccncc2)nc2sc3c(c12)CCN(Cc1ccccc1)C3. The van der Waals surface area contributed by atoms with Gasteiger partial charge in [-0.2, -0.15) is 0 Å². The van der Waals surface area contributed by atoms with Gasteiger partial charge in [-0.1, -0.05) is 30.3 Å². The predicted octanol–water partition coefficient (Wildman–Crippen LogP) is 3.60. The molecular weight excluding hydrogens is 356 g/mol. The summed E-state index contributed by atoms with van der Waals surface area (Å²) in [4.78, 5) is 29.0. The Kier molecular flexibility index (Phi) is 4.07. The first-order valence-electron chi connectivity index (χ1n) is 8.99. The van der Waals surface area contributed by atoms with Crippen molar-refractivity contribution in [1.29, 1.82) is 0 Å². The molecule has 1 N–H and O–H groups in total. The molecular formula is C21H18N4OS. The number of aromatic nitrogens is 3. The molecule has 5 rings (SSSR count). The second-order valence-electron chi connectivity index (χ2n) is 6.78. The third kappa shape index (κ3) is 3.07. The second-order valence-corrected chi connectivity index (χ2v) is 7.86. The molecule has 1 aromatic carbocycles. The number of fused-ring (bicyclic) bond motifs is 3. The monoisotopic (exact) mass is 374 g/mol. The van der Waals surface area contributed by atoms with Crippen molar-refractivity contribution in [3.05, 3.63) is 81.2 Å². The minimum absolute atomic E-state index is 0.0409. The van der Waals surface area contributed by atoms with Crippen molar-refractivity contribution < 1.29 is 0 Å². The Morgan fingerprint density at radius 1 is 1.11 bits per heavy atom. The zero-order chi connectivity index (χ0) is 18.2. The first-order chi connectivity index (χ1) is 13.3. The molecule has 0 fully saturated rings. The minimum atomic E-state index is -0.0409. The van der Waals surface area contributed by atoms with Gasteiger partial charge in [-0.25, -0.2) is 4.98 Å². The number of benzene rings is 1. The number of aromatic amines is 1. The molecule has 0 saturated heterocycles. The second kappa shape index (κ2) is 6.72. The molecule has 6 heteroatoms. The molecule has 3 aromatic heterocycles. The number of hydrogen-bond acceptors (Lipinski definition) is 5. The molecule has 0 unspecified atom stereocenters. The van der Waals surface area contributed by atoms with Gasteiger partial charge in [0.1, 0.15) is 10.7 Å². The molecule has 0 spiro atoms. The maximum absolute atomic E-state index is 12.8. The molecule has 0 radical (unpaired) electrons. The molecule has 0 amide bonds. The Labute approximate surface area is 160 Å². The Bertz CT molecular complexity index is 1150. The predicted molar refractivity (Wildman–Crippen MR) is 108 cm³/mol. The lowest BCUT2D eigenvalue weighted by Gasteiger charge is -2.26. The average molecular weight is 374 g/mol. The standard InChI is InChI=1S/C21H18N4OS/c26-20-18-16-8-11-25(12-14-4-2-1-3-5-14)13-17(16)27-21(18)24-19(23-20)15-6-9-22-10-7-15/h1-7,9-10H,8,11-13H2,(H,23,24,26). The van der Waals surface area contributed by atoms with Crippen molar-refractivity contribution >= 4 is 21.6 Å². The van der Waals surface area contributed by atoms with Crippen LogP contribution in [0.2, 0.25) is 0 Å². The summed E-state index contributed by atoms with van der Waals surface area (Å²) in [5.41, 5.74) is 3.33. The van der Waals surface area contributed by atoms with Gasteiger partial charge in [0.15, 0.2) is 0 Å². The van der Waals surface area contributed by atoms with E-state index in [1.165, 1.54) is 16.0 Å². The molecule has 4 heterocycles. The highest BCUT2D eigenvalue weighted by molar-refractivity contribution is 7.18. The van der Waals surface area contributed by atoms with Crippen LogP contribution in [-0.2, 0) is 19.5 Å². The summed E-state index contributed by atoms with van der Waals surface area (Å²) in [5.74, 6) is 0.606. The van der Waals surface area contributed by atoms with Gasteiger partial charge in [-0.3, -0.25) is 14.7 Å². The number of nitrogens with one attached hydrogen (secondary N) is 1. The first-order valence-corrected chi connectivity index (χ1v) is 9.81. The van der Waals surface area contributed by atoms with E-state index in [1.807, 2.05) is 18.2 Å². The van der Waals surface area contributed by atoms with Crippen molar-refractivity contribution in [3.63, 3.8) is 0 Å². The van der Waals surface area contributed by atoms with Crippen LogP contribution in [0.3, 0.4) is 0 Å². The quantitative estimate of drug-likeness (QED) is 0.595. The maximum atomic E-state index is 12.8. The molecule has 5 nitrogen and oxygen atoms in total. The lowest BCUT2D eigenvalue weighted by Crippen LogP contribution is -2.29. The van der Waals surface area contributed by atoms with E-state index in [0.717, 1.165) is 41.8 Å². The van der Waals surface area contributed by atoms with Crippen LogP contribution in [0.1, 0.15) is 16.0 Å². The number of H-pyrrole nitrogens is 1. The topological polar surface area (TPSA) is 61.9 Å². The van der Waals surface area contributed by atoms with Gasteiger partial charge in [0.2, 0.25) is 0 Å². The summed E-state index contributed by atoms with van der Waals surface area (Å²) in [7, 11) is 0. The van der Waals surface area contributed by atoms with E-state index in [2.05, 4.69) is 39.1 Å². The van der Waals surface area contributed by atoms with E-state index in [1.54, 1.807) is 23.7 Å². The van der Waals surface area contributed by atoms with Gasteiger partial charge < -0.3 is 4.98 Å². The van der Waals surface area contributed by atoms with Crippen LogP contribution in [0.5, 0.6) is 0 Å². The molecule has 1 aliphatic rings. The Hall–Kier alpha value is -2.83. The number of pyridine rings is 1. The van der Waals surface area contributed by atoms with Gasteiger partial charge >= 0.3 is 0 Å². The van der Waals surface area contributed by atoms with Gasteiger partial charge in [-0.15, -0.1) is 11.3 Å². The van der Waals surface area contributed by atoms with Crippen molar-refractivity contribution in [2.24, 2.45) is 0 Å². The van der Waals surface area contributed by atoms with Crippen LogP contribution in [0.25, 0.3) is 21.6 Å². The highest BCUT2D eigenvalue weighted by atomic mass is 32.1. The van der Waals surface area contributed by atoms with Crippen LogP contribution in [-0.4, -0.2) is 26.4 Å². The van der Waals surface area contributed by atoms with Crippen molar-refractivity contribution in [2.45, 2.75) is 19.5 Å². The van der Waals surface area contributed by atoms with Gasteiger partial charge in [0, 0.05) is 42.5 Å². The van der Waals surface area contributed by atoms with Crippen LogP contribution < -0.4 is 5.56 Å². The number of nitrogens with zero attached hydrogens (tertiary/aromatic N) is 3. The van der Waals surface area contributed by atoms with Crippen molar-refractivity contribution in [1.82, 2.24) is 19.9 Å². The molecule has 134 valence electrons. The summed E-state index contributed by atoms with van der Waals surface area (Å²) < 4.78 is 0. The average Bonchev–Trinajstić information content (AvgIpc) is 3.07. The fraction of sp³-hybridized carbons (Fsp3) is 0.190. The largest absolute Gasteiger partial charge is 0.306 e. The molecule has 0 saturated carbocycles. The van der Waals surface area contributed by atoms with Gasteiger partial charge in [0.05, 0.1) is 5.39 Å². The third-order valence-corrected chi connectivity index (χ3v) is 6.10. The molecule has 27 heavy (non-hydrogen) atoms. The van der Waals surface area contributed by atoms with E-state index < -0.39 is 0 Å². The Balaban J connectivity index is 1.50. The fourth-order valence-corrected chi connectivity index (χ4v) is 4.94. The van der Waals surface area contributed by atoms with Crippen LogP contribution in [0.15, 0.2) is 59.7 Å².